The second kappa shape index (κ2) is 11.6. The molecule has 0 aliphatic carbocycles. The molecular weight excluding hydrogens is 391 g/mol. The Hall–Kier alpha value is -2.40. The third-order valence-electron chi connectivity index (χ3n) is 4.78. The molecule has 1 atom stereocenters. The molecule has 0 unspecified atom stereocenters. The van der Waals surface area contributed by atoms with Crippen LogP contribution in [-0.4, -0.2) is 29.3 Å². The van der Waals surface area contributed by atoms with E-state index in [1.165, 1.54) is 12.1 Å². The number of amides is 2. The zero-order chi connectivity index (χ0) is 21.2. The van der Waals surface area contributed by atoms with Gasteiger partial charge in [-0.15, -0.1) is 0 Å². The lowest BCUT2D eigenvalue weighted by atomic mass is 10.1. The van der Waals surface area contributed by atoms with E-state index in [1.54, 1.807) is 29.2 Å². The number of unbranched alkanes of at least 4 members (excludes halogenated alkanes) is 1. The maximum absolute atomic E-state index is 13.3. The molecule has 0 saturated heterocycles. The number of hydrogen-bond donors (Lipinski definition) is 1. The minimum absolute atomic E-state index is 0.0968. The molecule has 0 spiro atoms. The van der Waals surface area contributed by atoms with Crippen LogP contribution in [0.3, 0.4) is 0 Å². The van der Waals surface area contributed by atoms with E-state index in [0.29, 0.717) is 23.6 Å². The number of nitrogens with one attached hydrogen (secondary N) is 1. The summed E-state index contributed by atoms with van der Waals surface area (Å²) in [5.74, 6) is -0.706. The quantitative estimate of drug-likeness (QED) is 0.566. The number of carbonyl (C=O) groups excluding carboxylic acids is 2. The fraction of sp³-hybridized carbons (Fsp3) is 0.391. The van der Waals surface area contributed by atoms with Crippen molar-refractivity contribution in [1.29, 1.82) is 0 Å². The van der Waals surface area contributed by atoms with Crippen LogP contribution in [0.25, 0.3) is 0 Å². The Kier molecular flexibility index (Phi) is 9.13. The summed E-state index contributed by atoms with van der Waals surface area (Å²) in [6.45, 7) is 4.74. The Morgan fingerprint density at radius 2 is 1.79 bits per heavy atom. The number of carbonyl (C=O) groups is 2. The molecule has 0 aromatic heterocycles. The molecule has 0 fully saturated rings. The predicted octanol–water partition coefficient (Wildman–Crippen LogP) is 4.75. The Labute approximate surface area is 177 Å². The van der Waals surface area contributed by atoms with Gasteiger partial charge in [0, 0.05) is 18.1 Å². The lowest BCUT2D eigenvalue weighted by molar-refractivity contribution is -0.140. The summed E-state index contributed by atoms with van der Waals surface area (Å²) in [6.07, 6.45) is 2.43. The van der Waals surface area contributed by atoms with E-state index < -0.39 is 6.04 Å². The second-order valence-corrected chi connectivity index (χ2v) is 7.39. The SMILES string of the molecule is CCCCNC(=O)[C@H](CC)N(Cc1ccc(F)cc1)C(=O)Cc1ccccc1Cl. The van der Waals surface area contributed by atoms with Crippen molar-refractivity contribution in [2.75, 3.05) is 6.54 Å². The van der Waals surface area contributed by atoms with Crippen molar-refractivity contribution in [3.05, 3.63) is 70.5 Å². The monoisotopic (exact) mass is 418 g/mol. The van der Waals surface area contributed by atoms with Gasteiger partial charge >= 0.3 is 0 Å². The van der Waals surface area contributed by atoms with Crippen molar-refractivity contribution in [2.24, 2.45) is 0 Å². The van der Waals surface area contributed by atoms with Crippen molar-refractivity contribution < 1.29 is 14.0 Å². The van der Waals surface area contributed by atoms with Crippen LogP contribution in [0.15, 0.2) is 48.5 Å². The number of rotatable bonds is 10. The fourth-order valence-corrected chi connectivity index (χ4v) is 3.32. The van der Waals surface area contributed by atoms with E-state index in [2.05, 4.69) is 12.2 Å². The van der Waals surface area contributed by atoms with E-state index in [0.717, 1.165) is 18.4 Å². The van der Waals surface area contributed by atoms with Crippen LogP contribution in [0.2, 0.25) is 5.02 Å². The first kappa shape index (κ1) is 22.9. The molecule has 1 N–H and O–H groups in total. The molecule has 29 heavy (non-hydrogen) atoms. The van der Waals surface area contributed by atoms with Crippen molar-refractivity contribution in [3.63, 3.8) is 0 Å². The standard InChI is InChI=1S/C23H28ClFN2O2/c1-3-5-14-26-23(29)21(4-2)27(16-17-10-12-19(25)13-11-17)22(28)15-18-8-6-7-9-20(18)24/h6-13,21H,3-5,14-16H2,1-2H3,(H,26,29)/t21-/m0/s1. The van der Waals surface area contributed by atoms with Crippen molar-refractivity contribution in [2.45, 2.75) is 52.1 Å². The number of halogens is 2. The van der Waals surface area contributed by atoms with Crippen molar-refractivity contribution in [1.82, 2.24) is 10.2 Å². The fourth-order valence-electron chi connectivity index (χ4n) is 3.12. The van der Waals surface area contributed by atoms with Gasteiger partial charge in [-0.1, -0.05) is 62.2 Å². The highest BCUT2D eigenvalue weighted by Gasteiger charge is 2.28. The Morgan fingerprint density at radius 3 is 2.41 bits per heavy atom. The highest BCUT2D eigenvalue weighted by atomic mass is 35.5. The minimum atomic E-state index is -0.605. The first-order valence-corrected chi connectivity index (χ1v) is 10.4. The average Bonchev–Trinajstić information content (AvgIpc) is 2.71. The Balaban J connectivity index is 2.25. The summed E-state index contributed by atoms with van der Waals surface area (Å²) in [4.78, 5) is 27.5. The van der Waals surface area contributed by atoms with E-state index in [-0.39, 0.29) is 30.6 Å². The van der Waals surface area contributed by atoms with Crippen LogP contribution in [0.1, 0.15) is 44.2 Å². The molecular formula is C23H28ClFN2O2. The van der Waals surface area contributed by atoms with Crippen molar-refractivity contribution in [3.8, 4) is 0 Å². The molecule has 2 amide bonds. The highest BCUT2D eigenvalue weighted by molar-refractivity contribution is 6.31. The lowest BCUT2D eigenvalue weighted by Gasteiger charge is -2.31. The third-order valence-corrected chi connectivity index (χ3v) is 5.15. The van der Waals surface area contributed by atoms with Gasteiger partial charge in [-0.25, -0.2) is 4.39 Å². The first-order valence-electron chi connectivity index (χ1n) is 10.0. The smallest absolute Gasteiger partial charge is 0.242 e. The van der Waals surface area contributed by atoms with E-state index in [1.807, 2.05) is 19.1 Å². The van der Waals surface area contributed by atoms with Gasteiger partial charge in [0.25, 0.3) is 0 Å². The number of nitrogens with zero attached hydrogens (tertiary/aromatic N) is 1. The summed E-state index contributed by atoms with van der Waals surface area (Å²) >= 11 is 6.22. The molecule has 0 saturated carbocycles. The predicted molar refractivity (Wildman–Crippen MR) is 114 cm³/mol. The van der Waals surface area contributed by atoms with E-state index >= 15 is 0 Å². The molecule has 2 aromatic rings. The van der Waals surface area contributed by atoms with Crippen LogP contribution in [0.5, 0.6) is 0 Å². The van der Waals surface area contributed by atoms with Crippen molar-refractivity contribution >= 4 is 23.4 Å². The van der Waals surface area contributed by atoms with Crippen LogP contribution in [-0.2, 0) is 22.6 Å². The molecule has 0 bridgehead atoms. The number of hydrogen-bond acceptors (Lipinski definition) is 2. The molecule has 6 heteroatoms. The van der Waals surface area contributed by atoms with E-state index in [9.17, 15) is 14.0 Å². The Bertz CT molecular complexity index is 811. The van der Waals surface area contributed by atoms with Gasteiger partial charge in [-0.05, 0) is 42.2 Å². The van der Waals surface area contributed by atoms with Gasteiger partial charge in [0.15, 0.2) is 0 Å². The lowest BCUT2D eigenvalue weighted by Crippen LogP contribution is -2.49. The maximum Gasteiger partial charge on any atom is 0.242 e. The van der Waals surface area contributed by atoms with E-state index in [4.69, 9.17) is 11.6 Å². The summed E-state index contributed by atoms with van der Waals surface area (Å²) in [6, 6.07) is 12.5. The normalized spacial score (nSPS) is 11.7. The molecule has 0 heterocycles. The van der Waals surface area contributed by atoms with Gasteiger partial charge in [0.05, 0.1) is 6.42 Å². The largest absolute Gasteiger partial charge is 0.354 e. The maximum atomic E-state index is 13.3. The summed E-state index contributed by atoms with van der Waals surface area (Å²) in [5.41, 5.74) is 1.48. The summed E-state index contributed by atoms with van der Waals surface area (Å²) < 4.78 is 13.3. The molecule has 4 nitrogen and oxygen atoms in total. The first-order chi connectivity index (χ1) is 14.0. The molecule has 0 radical (unpaired) electrons. The van der Waals surface area contributed by atoms with Crippen LogP contribution in [0, 0.1) is 5.82 Å². The Morgan fingerprint density at radius 1 is 1.10 bits per heavy atom. The average molecular weight is 419 g/mol. The molecule has 2 rings (SSSR count). The molecule has 156 valence electrons. The zero-order valence-electron chi connectivity index (χ0n) is 17.0. The second-order valence-electron chi connectivity index (χ2n) is 6.98. The molecule has 0 aliphatic heterocycles. The van der Waals surface area contributed by atoms with Crippen LogP contribution >= 0.6 is 11.6 Å². The molecule has 0 aliphatic rings. The zero-order valence-corrected chi connectivity index (χ0v) is 17.7. The van der Waals surface area contributed by atoms with Crippen LogP contribution < -0.4 is 5.32 Å². The number of benzene rings is 2. The van der Waals surface area contributed by atoms with Gasteiger partial charge in [0.2, 0.25) is 11.8 Å². The van der Waals surface area contributed by atoms with Gasteiger partial charge in [0.1, 0.15) is 11.9 Å². The summed E-state index contributed by atoms with van der Waals surface area (Å²) in [7, 11) is 0. The van der Waals surface area contributed by atoms with Gasteiger partial charge in [-0.3, -0.25) is 9.59 Å². The summed E-state index contributed by atoms with van der Waals surface area (Å²) in [5, 5.41) is 3.44. The highest BCUT2D eigenvalue weighted by Crippen LogP contribution is 2.19. The van der Waals surface area contributed by atoms with Crippen LogP contribution in [0.4, 0.5) is 4.39 Å². The van der Waals surface area contributed by atoms with Gasteiger partial charge in [-0.2, -0.15) is 0 Å². The third kappa shape index (κ3) is 6.86. The van der Waals surface area contributed by atoms with Gasteiger partial charge < -0.3 is 10.2 Å². The molecule has 2 aromatic carbocycles. The minimum Gasteiger partial charge on any atom is -0.354 e. The topological polar surface area (TPSA) is 49.4 Å².